The monoisotopic (exact) mass is 264 g/mol. The molecule has 0 aliphatic carbocycles. The largest absolute Gasteiger partial charge is 0.352 e. The molecule has 0 spiro atoms. The van der Waals surface area contributed by atoms with Crippen LogP contribution in [-0.4, -0.2) is 17.4 Å². The van der Waals surface area contributed by atoms with E-state index in [2.05, 4.69) is 16.2 Å². The Kier molecular flexibility index (Phi) is 5.67. The van der Waals surface area contributed by atoms with Crippen LogP contribution in [0.2, 0.25) is 5.15 Å². The van der Waals surface area contributed by atoms with Crippen molar-refractivity contribution in [2.75, 3.05) is 6.54 Å². The number of carbonyl (C=O) groups excluding carboxylic acids is 1. The summed E-state index contributed by atoms with van der Waals surface area (Å²) in [4.78, 5) is 16.1. The third kappa shape index (κ3) is 4.38. The fraction of sp³-hybridized carbons (Fsp3) is 0.429. The minimum Gasteiger partial charge on any atom is -0.352 e. The highest BCUT2D eigenvalue weighted by Gasteiger charge is 2.10. The first-order chi connectivity index (χ1) is 8.54. The third-order valence-electron chi connectivity index (χ3n) is 2.45. The Morgan fingerprint density at radius 2 is 2.28 bits per heavy atom. The molecular formula is C14H17ClN2O. The van der Waals surface area contributed by atoms with Crippen LogP contribution in [0.1, 0.15) is 48.7 Å². The van der Waals surface area contributed by atoms with Gasteiger partial charge in [-0.1, -0.05) is 25.4 Å². The number of amides is 1. The Labute approximate surface area is 113 Å². The molecule has 1 heterocycles. The number of carbonyl (C=O) groups is 1. The molecule has 0 unspecified atom stereocenters. The Morgan fingerprint density at radius 3 is 2.89 bits per heavy atom. The predicted molar refractivity (Wildman–Crippen MR) is 73.7 cm³/mol. The van der Waals surface area contributed by atoms with E-state index >= 15 is 0 Å². The lowest BCUT2D eigenvalue weighted by Gasteiger charge is -2.09. The number of unbranched alkanes of at least 4 members (excludes halogenated alkanes) is 1. The van der Waals surface area contributed by atoms with E-state index in [0.717, 1.165) is 12.1 Å². The topological polar surface area (TPSA) is 42.0 Å². The molecular weight excluding hydrogens is 248 g/mol. The zero-order valence-electron chi connectivity index (χ0n) is 10.7. The molecule has 0 atom stereocenters. The van der Waals surface area contributed by atoms with Gasteiger partial charge in [0.15, 0.2) is 0 Å². The molecule has 1 N–H and O–H groups in total. The summed E-state index contributed by atoms with van der Waals surface area (Å²) in [5, 5.41) is 3.15. The van der Waals surface area contributed by atoms with Crippen molar-refractivity contribution in [3.63, 3.8) is 0 Å². The molecule has 18 heavy (non-hydrogen) atoms. The van der Waals surface area contributed by atoms with Crippen LogP contribution in [0, 0.1) is 12.3 Å². The number of aromatic nitrogens is 1. The average Bonchev–Trinajstić information content (AvgIpc) is 2.33. The van der Waals surface area contributed by atoms with Gasteiger partial charge in [0.1, 0.15) is 5.15 Å². The summed E-state index contributed by atoms with van der Waals surface area (Å²) in [6.07, 6.45) is 6.58. The molecule has 0 aliphatic rings. The van der Waals surface area contributed by atoms with Crippen molar-refractivity contribution < 1.29 is 4.79 Å². The van der Waals surface area contributed by atoms with E-state index in [0.29, 0.717) is 23.7 Å². The first-order valence-corrected chi connectivity index (χ1v) is 6.31. The van der Waals surface area contributed by atoms with Gasteiger partial charge in [0, 0.05) is 24.2 Å². The smallest absolute Gasteiger partial charge is 0.251 e. The van der Waals surface area contributed by atoms with E-state index < -0.39 is 0 Å². The molecule has 0 saturated heterocycles. The highest BCUT2D eigenvalue weighted by molar-refractivity contribution is 6.29. The normalized spacial score (nSPS) is 10.2. The zero-order valence-corrected chi connectivity index (χ0v) is 11.4. The molecule has 1 aromatic rings. The molecule has 0 aromatic carbocycles. The first kappa shape index (κ1) is 14.5. The number of rotatable bonds is 5. The molecule has 0 radical (unpaired) electrons. The van der Waals surface area contributed by atoms with Crippen molar-refractivity contribution in [1.29, 1.82) is 0 Å². The van der Waals surface area contributed by atoms with Gasteiger partial charge in [-0.2, -0.15) is 0 Å². The van der Waals surface area contributed by atoms with E-state index in [1.807, 2.05) is 13.8 Å². The number of nitrogens with zero attached hydrogens (tertiary/aromatic N) is 1. The summed E-state index contributed by atoms with van der Waals surface area (Å²) < 4.78 is 0. The van der Waals surface area contributed by atoms with Crippen LogP contribution < -0.4 is 5.32 Å². The van der Waals surface area contributed by atoms with Gasteiger partial charge in [0.2, 0.25) is 0 Å². The van der Waals surface area contributed by atoms with Crippen LogP contribution in [0.15, 0.2) is 12.1 Å². The molecule has 1 amide bonds. The zero-order chi connectivity index (χ0) is 13.5. The number of terminal acetylenes is 1. The number of halogens is 1. The molecule has 3 nitrogen and oxygen atoms in total. The van der Waals surface area contributed by atoms with Crippen molar-refractivity contribution in [3.05, 3.63) is 28.5 Å². The number of nitrogens with one attached hydrogen (secondary N) is 1. The number of hydrogen-bond acceptors (Lipinski definition) is 2. The van der Waals surface area contributed by atoms with Crippen molar-refractivity contribution in [3.8, 4) is 12.3 Å². The second-order valence-electron chi connectivity index (χ2n) is 4.32. The fourth-order valence-electron chi connectivity index (χ4n) is 1.44. The Balaban J connectivity index is 2.71. The lowest BCUT2D eigenvalue weighted by atomic mass is 10.1. The fourth-order valence-corrected chi connectivity index (χ4v) is 1.65. The summed E-state index contributed by atoms with van der Waals surface area (Å²) in [5.74, 6) is 2.62. The van der Waals surface area contributed by atoms with Gasteiger partial charge in [-0.15, -0.1) is 12.3 Å². The van der Waals surface area contributed by atoms with Crippen molar-refractivity contribution in [1.82, 2.24) is 10.3 Å². The van der Waals surface area contributed by atoms with Crippen molar-refractivity contribution in [2.24, 2.45) is 0 Å². The minimum atomic E-state index is -0.141. The summed E-state index contributed by atoms with van der Waals surface area (Å²) in [7, 11) is 0. The molecule has 0 fully saturated rings. The molecule has 1 aromatic heterocycles. The summed E-state index contributed by atoms with van der Waals surface area (Å²) >= 11 is 5.90. The second-order valence-corrected chi connectivity index (χ2v) is 4.71. The van der Waals surface area contributed by atoms with Gasteiger partial charge >= 0.3 is 0 Å². The first-order valence-electron chi connectivity index (χ1n) is 5.93. The maximum atomic E-state index is 11.9. The van der Waals surface area contributed by atoms with Gasteiger partial charge in [-0.3, -0.25) is 4.79 Å². The molecule has 0 bridgehead atoms. The average molecular weight is 265 g/mol. The van der Waals surface area contributed by atoms with Gasteiger partial charge in [0.05, 0.1) is 0 Å². The van der Waals surface area contributed by atoms with Crippen LogP contribution in [0.5, 0.6) is 0 Å². The van der Waals surface area contributed by atoms with Gasteiger partial charge in [0.25, 0.3) is 5.91 Å². The van der Waals surface area contributed by atoms with E-state index in [1.54, 1.807) is 12.1 Å². The maximum Gasteiger partial charge on any atom is 0.251 e. The summed E-state index contributed by atoms with van der Waals surface area (Å²) in [6, 6.07) is 3.34. The van der Waals surface area contributed by atoms with Gasteiger partial charge in [-0.25, -0.2) is 4.98 Å². The summed E-state index contributed by atoms with van der Waals surface area (Å²) in [6.45, 7) is 4.58. The molecule has 0 aliphatic heterocycles. The molecule has 96 valence electrons. The lowest BCUT2D eigenvalue weighted by molar-refractivity contribution is 0.0953. The quantitative estimate of drug-likeness (QED) is 0.505. The van der Waals surface area contributed by atoms with Crippen molar-refractivity contribution >= 4 is 17.5 Å². The summed E-state index contributed by atoms with van der Waals surface area (Å²) in [5.41, 5.74) is 1.36. The van der Waals surface area contributed by atoms with Crippen LogP contribution in [0.25, 0.3) is 0 Å². The lowest BCUT2D eigenvalue weighted by Crippen LogP contribution is -2.24. The maximum absolute atomic E-state index is 11.9. The van der Waals surface area contributed by atoms with Gasteiger partial charge < -0.3 is 5.32 Å². The van der Waals surface area contributed by atoms with Crippen molar-refractivity contribution in [2.45, 2.75) is 32.6 Å². The number of pyridine rings is 1. The van der Waals surface area contributed by atoms with E-state index in [4.69, 9.17) is 18.0 Å². The third-order valence-corrected chi connectivity index (χ3v) is 2.64. The van der Waals surface area contributed by atoms with E-state index in [9.17, 15) is 4.79 Å². The van der Waals surface area contributed by atoms with Crippen LogP contribution in [0.3, 0.4) is 0 Å². The molecule has 4 heteroatoms. The van der Waals surface area contributed by atoms with Gasteiger partial charge in [-0.05, 0) is 24.5 Å². The Hall–Kier alpha value is -1.53. The standard InChI is InChI=1S/C14H17ClN2O/c1-4-5-6-7-16-14(18)11-8-12(10(2)3)17-13(15)9-11/h1,8-10H,5-7H2,2-3H3,(H,16,18). The minimum absolute atomic E-state index is 0.141. The molecule has 1 rings (SSSR count). The van der Waals surface area contributed by atoms with Crippen LogP contribution in [0.4, 0.5) is 0 Å². The predicted octanol–water partition coefficient (Wildman–Crippen LogP) is 3.00. The highest BCUT2D eigenvalue weighted by Crippen LogP contribution is 2.17. The Bertz CT molecular complexity index is 463. The highest BCUT2D eigenvalue weighted by atomic mass is 35.5. The van der Waals surface area contributed by atoms with Crippen LogP contribution >= 0.6 is 11.6 Å². The Morgan fingerprint density at radius 1 is 1.56 bits per heavy atom. The van der Waals surface area contributed by atoms with Crippen LogP contribution in [-0.2, 0) is 0 Å². The molecule has 0 saturated carbocycles. The SMILES string of the molecule is C#CCCCNC(=O)c1cc(Cl)nc(C(C)C)c1. The van der Waals surface area contributed by atoms with E-state index in [-0.39, 0.29) is 11.8 Å². The second kappa shape index (κ2) is 7.03. The van der Waals surface area contributed by atoms with E-state index in [1.165, 1.54) is 0 Å². The number of hydrogen-bond donors (Lipinski definition) is 1.